The molecular weight excluding hydrogens is 484 g/mol. The topological polar surface area (TPSA) is 86.7 Å². The number of aromatic amines is 1. The molecule has 2 heterocycles. The summed E-state index contributed by atoms with van der Waals surface area (Å²) in [6.45, 7) is 0.633. The Morgan fingerprint density at radius 1 is 1.40 bits per heavy atom. The molecule has 6 nitrogen and oxygen atoms in total. The highest BCUT2D eigenvalue weighted by atomic mass is 127. The zero-order chi connectivity index (χ0) is 14.2. The second-order valence-corrected chi connectivity index (χ2v) is 7.45. The van der Waals surface area contributed by atoms with Gasteiger partial charge in [-0.25, -0.2) is 15.0 Å². The van der Waals surface area contributed by atoms with Gasteiger partial charge in [-0.3, -0.25) is 0 Å². The first-order chi connectivity index (χ1) is 9.56. The number of imidazole rings is 1. The lowest BCUT2D eigenvalue weighted by Gasteiger charge is -2.25. The number of aliphatic hydroxyl groups is 1. The van der Waals surface area contributed by atoms with Crippen LogP contribution in [0.4, 0.5) is 5.82 Å². The summed E-state index contributed by atoms with van der Waals surface area (Å²) in [5.74, 6) is 0.724. The van der Waals surface area contributed by atoms with E-state index in [4.69, 9.17) is 0 Å². The van der Waals surface area contributed by atoms with Gasteiger partial charge in [-0.1, -0.05) is 34.7 Å². The number of alkyl halides is 2. The predicted molar refractivity (Wildman–Crippen MR) is 94.2 cm³/mol. The van der Waals surface area contributed by atoms with Gasteiger partial charge in [0.05, 0.1) is 10.3 Å². The molecule has 104 valence electrons. The lowest BCUT2D eigenvalue weighted by Crippen LogP contribution is -2.30. The van der Waals surface area contributed by atoms with Crippen LogP contribution >= 0.6 is 45.2 Å². The molecule has 2 unspecified atom stereocenters. The van der Waals surface area contributed by atoms with Crippen molar-refractivity contribution >= 4 is 62.2 Å². The van der Waals surface area contributed by atoms with Gasteiger partial charge >= 0.3 is 0 Å². The number of halogens is 2. The molecule has 2 aromatic rings. The number of fused-ring (bicyclic) bond motifs is 1. The number of hydrogen-bond donors (Lipinski definition) is 3. The molecule has 0 bridgehead atoms. The van der Waals surface area contributed by atoms with Gasteiger partial charge in [0.25, 0.3) is 0 Å². The highest BCUT2D eigenvalue weighted by molar-refractivity contribution is 14.1. The minimum absolute atomic E-state index is 0.0417. The van der Waals surface area contributed by atoms with E-state index in [0.29, 0.717) is 12.2 Å². The number of hydrogen-bond acceptors (Lipinski definition) is 5. The molecule has 2 atom stereocenters. The van der Waals surface area contributed by atoms with E-state index < -0.39 is 3.61 Å². The van der Waals surface area contributed by atoms with Crippen LogP contribution in [-0.2, 0) is 0 Å². The van der Waals surface area contributed by atoms with E-state index in [2.05, 4.69) is 47.8 Å². The quantitative estimate of drug-likeness (QED) is 0.450. The number of H-pyrrole nitrogens is 1. The molecule has 0 saturated heterocycles. The second-order valence-electron chi connectivity index (χ2n) is 4.38. The highest BCUT2D eigenvalue weighted by Gasteiger charge is 2.30. The molecule has 0 spiro atoms. The summed E-state index contributed by atoms with van der Waals surface area (Å²) in [6, 6.07) is 0. The van der Waals surface area contributed by atoms with E-state index in [1.807, 2.05) is 40.8 Å². The van der Waals surface area contributed by atoms with Crippen LogP contribution in [0.5, 0.6) is 0 Å². The van der Waals surface area contributed by atoms with Crippen molar-refractivity contribution in [3.8, 4) is 0 Å². The third-order valence-electron chi connectivity index (χ3n) is 2.96. The minimum Gasteiger partial charge on any atom is -0.375 e. The van der Waals surface area contributed by atoms with E-state index in [9.17, 15) is 5.11 Å². The molecule has 1 aliphatic carbocycles. The molecular formula is C12H11I2N5O. The summed E-state index contributed by atoms with van der Waals surface area (Å²) in [5, 5.41) is 13.3. The molecule has 1 aliphatic rings. The first-order valence-corrected chi connectivity index (χ1v) is 8.22. The van der Waals surface area contributed by atoms with Crippen LogP contribution in [0.1, 0.15) is 0 Å². The standard InChI is InChI=1S/C12H11I2N5O/c13-8-3-7(1-2-12(8,14)20)4-15-10-9-11(17-5-16-9)19-6-18-10/h1-3,5-6,8,20H,4H2,(H2,15,16,17,18,19). The van der Waals surface area contributed by atoms with Crippen LogP contribution in [0.2, 0.25) is 0 Å². The molecule has 0 saturated carbocycles. The first kappa shape index (κ1) is 14.2. The van der Waals surface area contributed by atoms with Crippen LogP contribution in [0.3, 0.4) is 0 Å². The summed E-state index contributed by atoms with van der Waals surface area (Å²) in [7, 11) is 0. The van der Waals surface area contributed by atoms with Crippen molar-refractivity contribution in [2.75, 3.05) is 11.9 Å². The molecule has 0 aliphatic heterocycles. The number of rotatable bonds is 3. The fourth-order valence-corrected chi connectivity index (χ4v) is 2.91. The number of nitrogens with one attached hydrogen (secondary N) is 2. The van der Waals surface area contributed by atoms with E-state index in [1.54, 1.807) is 6.33 Å². The number of anilines is 1. The lowest BCUT2D eigenvalue weighted by atomic mass is 10.1. The normalized spacial score (nSPS) is 25.8. The van der Waals surface area contributed by atoms with Crippen molar-refractivity contribution in [1.82, 2.24) is 19.9 Å². The van der Waals surface area contributed by atoms with Crippen molar-refractivity contribution in [3.05, 3.63) is 36.5 Å². The minimum atomic E-state index is -0.812. The smallest absolute Gasteiger partial charge is 0.182 e. The van der Waals surface area contributed by atoms with Gasteiger partial charge in [0, 0.05) is 6.54 Å². The maximum absolute atomic E-state index is 10.1. The molecule has 2 aromatic heterocycles. The lowest BCUT2D eigenvalue weighted by molar-refractivity contribution is 0.217. The second kappa shape index (κ2) is 5.56. The van der Waals surface area contributed by atoms with Gasteiger partial charge in [0.2, 0.25) is 0 Å². The molecule has 3 N–H and O–H groups in total. The zero-order valence-electron chi connectivity index (χ0n) is 10.2. The van der Waals surface area contributed by atoms with Crippen molar-refractivity contribution < 1.29 is 5.11 Å². The Morgan fingerprint density at radius 3 is 3.05 bits per heavy atom. The van der Waals surface area contributed by atoms with Gasteiger partial charge in [0.15, 0.2) is 11.5 Å². The van der Waals surface area contributed by atoms with Gasteiger partial charge < -0.3 is 15.4 Å². The Balaban J connectivity index is 1.75. The predicted octanol–water partition coefficient (Wildman–Crippen LogP) is 2.19. The van der Waals surface area contributed by atoms with Crippen molar-refractivity contribution in [2.45, 2.75) is 7.53 Å². The average molecular weight is 495 g/mol. The van der Waals surface area contributed by atoms with Gasteiger partial charge in [0.1, 0.15) is 15.5 Å². The Morgan fingerprint density at radius 2 is 2.25 bits per heavy atom. The summed E-state index contributed by atoms with van der Waals surface area (Å²) >= 11 is 4.27. The largest absolute Gasteiger partial charge is 0.375 e. The average Bonchev–Trinajstić information content (AvgIpc) is 2.89. The Kier molecular flexibility index (Phi) is 3.95. The Hall–Kier alpha value is -0.750. The SMILES string of the molecule is OC1(I)C=CC(CNc2ncnc3nc[nH]c23)=CC1I. The van der Waals surface area contributed by atoms with E-state index in [0.717, 1.165) is 16.9 Å². The van der Waals surface area contributed by atoms with E-state index in [1.165, 1.54) is 6.33 Å². The van der Waals surface area contributed by atoms with Crippen LogP contribution in [0.15, 0.2) is 36.5 Å². The zero-order valence-corrected chi connectivity index (χ0v) is 14.5. The molecule has 0 radical (unpaired) electrons. The van der Waals surface area contributed by atoms with Crippen molar-refractivity contribution in [2.24, 2.45) is 0 Å². The summed E-state index contributed by atoms with van der Waals surface area (Å²) in [6.07, 6.45) is 8.88. The first-order valence-electron chi connectivity index (χ1n) is 5.89. The van der Waals surface area contributed by atoms with Crippen LogP contribution in [0, 0.1) is 0 Å². The van der Waals surface area contributed by atoms with Gasteiger partial charge in [-0.15, -0.1) is 0 Å². The van der Waals surface area contributed by atoms with Crippen molar-refractivity contribution in [3.63, 3.8) is 0 Å². The fourth-order valence-electron chi connectivity index (χ4n) is 1.88. The third kappa shape index (κ3) is 2.81. The molecule has 20 heavy (non-hydrogen) atoms. The maximum Gasteiger partial charge on any atom is 0.182 e. The summed E-state index contributed by atoms with van der Waals surface area (Å²) < 4.78 is -0.770. The molecule has 8 heteroatoms. The molecule has 0 aromatic carbocycles. The van der Waals surface area contributed by atoms with Crippen molar-refractivity contribution in [1.29, 1.82) is 0 Å². The monoisotopic (exact) mass is 495 g/mol. The van der Waals surface area contributed by atoms with Crippen LogP contribution in [-0.4, -0.2) is 39.1 Å². The van der Waals surface area contributed by atoms with E-state index >= 15 is 0 Å². The number of aromatic nitrogens is 4. The van der Waals surface area contributed by atoms with Crippen LogP contribution < -0.4 is 5.32 Å². The molecule has 3 rings (SSSR count). The molecule has 0 fully saturated rings. The van der Waals surface area contributed by atoms with E-state index in [-0.39, 0.29) is 3.92 Å². The molecule has 0 amide bonds. The van der Waals surface area contributed by atoms with Gasteiger partial charge in [-0.2, -0.15) is 0 Å². The highest BCUT2D eigenvalue weighted by Crippen LogP contribution is 2.33. The summed E-state index contributed by atoms with van der Waals surface area (Å²) in [5.41, 5.74) is 2.55. The summed E-state index contributed by atoms with van der Waals surface area (Å²) in [4.78, 5) is 15.4. The number of nitrogens with zero attached hydrogens (tertiary/aromatic N) is 3. The van der Waals surface area contributed by atoms with Gasteiger partial charge in [-0.05, 0) is 34.2 Å². The third-order valence-corrected chi connectivity index (χ3v) is 6.49. The fraction of sp³-hybridized carbons (Fsp3) is 0.250. The Bertz CT molecular complexity index is 694. The maximum atomic E-state index is 10.1. The Labute approximate surface area is 142 Å². The van der Waals surface area contributed by atoms with Crippen LogP contribution in [0.25, 0.3) is 11.2 Å².